The summed E-state index contributed by atoms with van der Waals surface area (Å²) in [5.74, 6) is 0. The van der Waals surface area contributed by atoms with E-state index < -0.39 is 10.0 Å². The fraction of sp³-hybridized carbons (Fsp3) is 0.0833. The van der Waals surface area contributed by atoms with Crippen molar-refractivity contribution in [1.29, 1.82) is 0 Å². The largest absolute Gasteiger partial charge is 0.278 e. The van der Waals surface area contributed by atoms with Gasteiger partial charge in [-0.2, -0.15) is 0 Å². The van der Waals surface area contributed by atoms with Crippen LogP contribution < -0.4 is 4.72 Å². The number of nitrogens with one attached hydrogen (secondary N) is 1. The van der Waals surface area contributed by atoms with Crippen LogP contribution in [0.25, 0.3) is 0 Å². The molecule has 0 fully saturated rings. The van der Waals surface area contributed by atoms with Crippen LogP contribution in [-0.4, -0.2) is 13.4 Å². The summed E-state index contributed by atoms with van der Waals surface area (Å²) in [7, 11) is -3.63. The summed E-state index contributed by atoms with van der Waals surface area (Å²) in [5, 5.41) is 0. The molecule has 19 heavy (non-hydrogen) atoms. The normalized spacial score (nSPS) is 11.3. The van der Waals surface area contributed by atoms with Gasteiger partial charge < -0.3 is 0 Å². The highest BCUT2D eigenvalue weighted by Crippen LogP contribution is 2.25. The molecule has 0 aliphatic rings. The smallest absolute Gasteiger partial charge is 0.263 e. The maximum atomic E-state index is 12.2. The fourth-order valence-corrected chi connectivity index (χ4v) is 3.94. The predicted molar refractivity (Wildman–Crippen MR) is 81.6 cm³/mol. The molecule has 7 heteroatoms. The van der Waals surface area contributed by atoms with Crippen molar-refractivity contribution in [3.05, 3.63) is 51.2 Å². The van der Waals surface area contributed by atoms with Gasteiger partial charge >= 0.3 is 0 Å². The highest BCUT2D eigenvalue weighted by molar-refractivity contribution is 9.10. The number of sulfonamides is 1. The molecular weight excluding hydrogens is 396 g/mol. The lowest BCUT2D eigenvalue weighted by atomic mass is 10.2. The average Bonchev–Trinajstić information content (AvgIpc) is 2.31. The van der Waals surface area contributed by atoms with Crippen LogP contribution in [0.2, 0.25) is 0 Å². The molecule has 0 atom stereocenters. The molecule has 100 valence electrons. The first-order valence-corrected chi connectivity index (χ1v) is 8.36. The van der Waals surface area contributed by atoms with Crippen molar-refractivity contribution in [1.82, 2.24) is 4.98 Å². The number of rotatable bonds is 3. The summed E-state index contributed by atoms with van der Waals surface area (Å²) in [6.07, 6.45) is 1.45. The minimum Gasteiger partial charge on any atom is -0.278 e. The fourth-order valence-electron chi connectivity index (χ4n) is 1.47. The Balaban J connectivity index is 2.35. The van der Waals surface area contributed by atoms with Gasteiger partial charge in [0.05, 0.1) is 11.9 Å². The number of hydrogen-bond acceptors (Lipinski definition) is 3. The molecule has 0 saturated carbocycles. The van der Waals surface area contributed by atoms with Crippen molar-refractivity contribution in [2.45, 2.75) is 11.8 Å². The molecule has 2 rings (SSSR count). The SMILES string of the molecule is Cc1ccc(S(=O)(=O)Nc2ccc(Br)nc2)c(Br)c1. The van der Waals surface area contributed by atoms with Crippen LogP contribution in [0.15, 0.2) is 50.5 Å². The van der Waals surface area contributed by atoms with Crippen LogP contribution in [0.3, 0.4) is 0 Å². The van der Waals surface area contributed by atoms with Gasteiger partial charge in [-0.05, 0) is 68.6 Å². The van der Waals surface area contributed by atoms with E-state index in [4.69, 9.17) is 0 Å². The van der Waals surface area contributed by atoms with Crippen LogP contribution in [0.1, 0.15) is 5.56 Å². The summed E-state index contributed by atoms with van der Waals surface area (Å²) in [5.41, 5.74) is 1.40. The maximum absolute atomic E-state index is 12.2. The average molecular weight is 406 g/mol. The van der Waals surface area contributed by atoms with E-state index in [1.54, 1.807) is 30.3 Å². The third-order valence-electron chi connectivity index (χ3n) is 2.36. The van der Waals surface area contributed by atoms with Crippen molar-refractivity contribution in [3.8, 4) is 0 Å². The van der Waals surface area contributed by atoms with Crippen molar-refractivity contribution >= 4 is 47.6 Å². The third-order valence-corrected chi connectivity index (χ3v) is 5.18. The van der Waals surface area contributed by atoms with Gasteiger partial charge in [0.25, 0.3) is 10.0 Å². The Bertz CT molecular complexity index is 700. The Kier molecular flexibility index (Phi) is 4.27. The molecule has 1 aromatic carbocycles. The van der Waals surface area contributed by atoms with Crippen LogP contribution in [0.4, 0.5) is 5.69 Å². The lowest BCUT2D eigenvalue weighted by Crippen LogP contribution is -2.13. The summed E-state index contributed by atoms with van der Waals surface area (Å²) >= 11 is 6.46. The van der Waals surface area contributed by atoms with Gasteiger partial charge in [-0.15, -0.1) is 0 Å². The Morgan fingerprint density at radius 2 is 1.89 bits per heavy atom. The molecule has 0 aliphatic heterocycles. The standard InChI is InChI=1S/C12H10Br2N2O2S/c1-8-2-4-11(10(13)6-8)19(17,18)16-9-3-5-12(14)15-7-9/h2-7,16H,1H3. The van der Waals surface area contributed by atoms with Crippen LogP contribution >= 0.6 is 31.9 Å². The number of aryl methyl sites for hydroxylation is 1. The van der Waals surface area contributed by atoms with E-state index in [2.05, 4.69) is 41.6 Å². The molecule has 0 amide bonds. The monoisotopic (exact) mass is 404 g/mol. The Morgan fingerprint density at radius 3 is 2.47 bits per heavy atom. The molecule has 2 aromatic rings. The molecular formula is C12H10Br2N2O2S. The Labute approximate surface area is 128 Å². The number of hydrogen-bond donors (Lipinski definition) is 1. The maximum Gasteiger partial charge on any atom is 0.263 e. The zero-order valence-corrected chi connectivity index (χ0v) is 13.9. The number of anilines is 1. The quantitative estimate of drug-likeness (QED) is 0.791. The number of halogens is 2. The van der Waals surface area contributed by atoms with Crippen LogP contribution in [-0.2, 0) is 10.0 Å². The van der Waals surface area contributed by atoms with E-state index in [1.165, 1.54) is 6.20 Å². The second kappa shape index (κ2) is 5.60. The Morgan fingerprint density at radius 1 is 1.16 bits per heavy atom. The van der Waals surface area contributed by atoms with Gasteiger partial charge in [0.15, 0.2) is 0 Å². The molecule has 1 aromatic heterocycles. The molecule has 1 N–H and O–H groups in total. The van der Waals surface area contributed by atoms with E-state index >= 15 is 0 Å². The lowest BCUT2D eigenvalue weighted by Gasteiger charge is -2.09. The minimum absolute atomic E-state index is 0.195. The van der Waals surface area contributed by atoms with E-state index in [1.807, 2.05) is 6.92 Å². The van der Waals surface area contributed by atoms with Crippen molar-refractivity contribution < 1.29 is 8.42 Å². The minimum atomic E-state index is -3.63. The van der Waals surface area contributed by atoms with E-state index in [0.29, 0.717) is 14.8 Å². The molecule has 4 nitrogen and oxygen atoms in total. The van der Waals surface area contributed by atoms with Crippen LogP contribution in [0.5, 0.6) is 0 Å². The molecule has 0 spiro atoms. The lowest BCUT2D eigenvalue weighted by molar-refractivity contribution is 0.600. The number of benzene rings is 1. The van der Waals surface area contributed by atoms with E-state index in [-0.39, 0.29) is 4.90 Å². The van der Waals surface area contributed by atoms with E-state index in [9.17, 15) is 8.42 Å². The summed E-state index contributed by atoms with van der Waals surface area (Å²) in [6, 6.07) is 8.38. The van der Waals surface area contributed by atoms with Gasteiger partial charge in [-0.3, -0.25) is 4.72 Å². The molecule has 0 unspecified atom stereocenters. The molecule has 0 radical (unpaired) electrons. The second-order valence-corrected chi connectivity index (χ2v) is 7.23. The van der Waals surface area contributed by atoms with Crippen LogP contribution in [0, 0.1) is 6.92 Å². The number of aromatic nitrogens is 1. The van der Waals surface area contributed by atoms with Crippen molar-refractivity contribution in [2.75, 3.05) is 4.72 Å². The summed E-state index contributed by atoms with van der Waals surface area (Å²) in [4.78, 5) is 4.17. The third kappa shape index (κ3) is 3.55. The van der Waals surface area contributed by atoms with Crippen molar-refractivity contribution in [2.24, 2.45) is 0 Å². The summed E-state index contributed by atoms with van der Waals surface area (Å²) < 4.78 is 28.1. The first kappa shape index (κ1) is 14.5. The van der Waals surface area contributed by atoms with Gasteiger partial charge in [0.1, 0.15) is 9.50 Å². The highest BCUT2D eigenvalue weighted by atomic mass is 79.9. The van der Waals surface area contributed by atoms with Gasteiger partial charge in [-0.25, -0.2) is 13.4 Å². The first-order valence-electron chi connectivity index (χ1n) is 5.29. The zero-order chi connectivity index (χ0) is 14.0. The van der Waals surface area contributed by atoms with Gasteiger partial charge in [0, 0.05) is 4.47 Å². The molecule has 0 aliphatic carbocycles. The van der Waals surface area contributed by atoms with Gasteiger partial charge in [0.2, 0.25) is 0 Å². The molecule has 1 heterocycles. The predicted octanol–water partition coefficient (Wildman–Crippen LogP) is 3.72. The topological polar surface area (TPSA) is 59.1 Å². The van der Waals surface area contributed by atoms with E-state index in [0.717, 1.165) is 5.56 Å². The number of pyridine rings is 1. The molecule has 0 saturated heterocycles. The second-order valence-electron chi connectivity index (χ2n) is 3.91. The summed E-state index contributed by atoms with van der Waals surface area (Å²) in [6.45, 7) is 1.90. The Hall–Kier alpha value is -0.920. The van der Waals surface area contributed by atoms with Gasteiger partial charge in [-0.1, -0.05) is 6.07 Å². The number of nitrogens with zero attached hydrogens (tertiary/aromatic N) is 1. The molecule has 0 bridgehead atoms. The first-order chi connectivity index (χ1) is 8.88. The highest BCUT2D eigenvalue weighted by Gasteiger charge is 2.17. The van der Waals surface area contributed by atoms with Crippen molar-refractivity contribution in [3.63, 3.8) is 0 Å². The zero-order valence-electron chi connectivity index (χ0n) is 9.89.